The average Bonchev–Trinajstić information content (AvgIpc) is 2.83. The Morgan fingerprint density at radius 2 is 1.91 bits per heavy atom. The number of fused-ring (bicyclic) bond motifs is 1. The summed E-state index contributed by atoms with van der Waals surface area (Å²) in [4.78, 5) is 29.8. The highest BCUT2D eigenvalue weighted by atomic mass is 16.5. The number of urea groups is 1. The van der Waals surface area contributed by atoms with Crippen LogP contribution in [0.25, 0.3) is 0 Å². The normalized spacial score (nSPS) is 18.3. The van der Waals surface area contributed by atoms with Crippen LogP contribution in [-0.2, 0) is 11.3 Å². The number of hydrogen-bond acceptors (Lipinski definition) is 4. The number of nitrogens with zero attached hydrogens (tertiary/aromatic N) is 2. The number of carbonyl (C=O) groups is 2. The number of hydrogen-bond donors (Lipinski definition) is 1. The lowest BCUT2D eigenvalue weighted by molar-refractivity contribution is -0.126. The van der Waals surface area contributed by atoms with E-state index in [4.69, 9.17) is 9.47 Å². The van der Waals surface area contributed by atoms with Crippen molar-refractivity contribution in [2.45, 2.75) is 46.3 Å². The van der Waals surface area contributed by atoms with E-state index in [1.807, 2.05) is 73.0 Å². The van der Waals surface area contributed by atoms with Gasteiger partial charge in [0, 0.05) is 31.1 Å². The molecule has 2 aliphatic rings. The van der Waals surface area contributed by atoms with Gasteiger partial charge in [0.05, 0.1) is 18.8 Å². The van der Waals surface area contributed by atoms with Crippen LogP contribution in [0.5, 0.6) is 11.5 Å². The average molecular weight is 452 g/mol. The van der Waals surface area contributed by atoms with Gasteiger partial charge in [-0.3, -0.25) is 9.69 Å². The summed E-state index contributed by atoms with van der Waals surface area (Å²) in [7, 11) is 0. The highest BCUT2D eigenvalue weighted by Crippen LogP contribution is 2.35. The molecule has 0 unspecified atom stereocenters. The minimum Gasteiger partial charge on any atom is -0.494 e. The molecule has 2 heterocycles. The van der Waals surface area contributed by atoms with Gasteiger partial charge in [0.25, 0.3) is 0 Å². The third kappa shape index (κ3) is 5.24. The number of benzene rings is 2. The maximum absolute atomic E-state index is 13.3. The molecule has 0 aromatic heterocycles. The summed E-state index contributed by atoms with van der Waals surface area (Å²) in [6.45, 7) is 8.62. The third-order valence-electron chi connectivity index (χ3n) is 6.27. The zero-order valence-corrected chi connectivity index (χ0v) is 19.7. The summed E-state index contributed by atoms with van der Waals surface area (Å²) in [5.41, 5.74) is 2.88. The van der Waals surface area contributed by atoms with Crippen molar-refractivity contribution >= 4 is 17.6 Å². The molecule has 1 fully saturated rings. The molecule has 0 spiro atoms. The Morgan fingerprint density at radius 3 is 2.67 bits per heavy atom. The summed E-state index contributed by atoms with van der Waals surface area (Å²) < 4.78 is 11.6. The molecular weight excluding hydrogens is 418 g/mol. The number of carbonyl (C=O) groups excluding carboxylic acids is 2. The Morgan fingerprint density at radius 1 is 1.15 bits per heavy atom. The van der Waals surface area contributed by atoms with E-state index in [0.29, 0.717) is 45.6 Å². The summed E-state index contributed by atoms with van der Waals surface area (Å²) >= 11 is 0. The van der Waals surface area contributed by atoms with Crippen molar-refractivity contribution < 1.29 is 19.1 Å². The lowest BCUT2D eigenvalue weighted by Gasteiger charge is -2.39. The van der Waals surface area contributed by atoms with Crippen molar-refractivity contribution in [2.24, 2.45) is 5.92 Å². The SMILES string of the molecule is CCOc1ccccc1CNC(=O)C1CCN(C(=O)N2C[C@@H](C)Oc3ccc(C)cc32)CC1. The van der Waals surface area contributed by atoms with Crippen molar-refractivity contribution in [3.8, 4) is 11.5 Å². The second-order valence-corrected chi connectivity index (χ2v) is 8.81. The van der Waals surface area contributed by atoms with Crippen LogP contribution in [0.15, 0.2) is 42.5 Å². The van der Waals surface area contributed by atoms with Crippen LogP contribution in [-0.4, -0.2) is 49.2 Å². The monoisotopic (exact) mass is 451 g/mol. The molecule has 0 saturated carbocycles. The van der Waals surface area contributed by atoms with Crippen LogP contribution in [0.2, 0.25) is 0 Å². The zero-order valence-electron chi connectivity index (χ0n) is 19.7. The van der Waals surface area contributed by atoms with E-state index in [2.05, 4.69) is 5.32 Å². The summed E-state index contributed by atoms with van der Waals surface area (Å²) in [6.07, 6.45) is 1.25. The lowest BCUT2D eigenvalue weighted by Crippen LogP contribution is -2.52. The number of rotatable bonds is 5. The van der Waals surface area contributed by atoms with Crippen LogP contribution in [0.4, 0.5) is 10.5 Å². The fraction of sp³-hybridized carbons (Fsp3) is 0.462. The number of amides is 3. The first-order valence-electron chi connectivity index (χ1n) is 11.8. The van der Waals surface area contributed by atoms with Gasteiger partial charge in [-0.05, 0) is 57.4 Å². The van der Waals surface area contributed by atoms with E-state index >= 15 is 0 Å². The first-order chi connectivity index (χ1) is 16.0. The van der Waals surface area contributed by atoms with E-state index in [1.165, 1.54) is 0 Å². The lowest BCUT2D eigenvalue weighted by atomic mass is 9.96. The van der Waals surface area contributed by atoms with Crippen LogP contribution in [0.3, 0.4) is 0 Å². The van der Waals surface area contributed by atoms with Gasteiger partial charge in [-0.15, -0.1) is 0 Å². The third-order valence-corrected chi connectivity index (χ3v) is 6.27. The van der Waals surface area contributed by atoms with Gasteiger partial charge >= 0.3 is 6.03 Å². The number of anilines is 1. The zero-order chi connectivity index (χ0) is 23.4. The minimum atomic E-state index is -0.0913. The van der Waals surface area contributed by atoms with Gasteiger partial charge < -0.3 is 19.7 Å². The van der Waals surface area contributed by atoms with Gasteiger partial charge in [0.1, 0.15) is 17.6 Å². The van der Waals surface area contributed by atoms with E-state index in [0.717, 1.165) is 28.3 Å². The molecule has 4 rings (SSSR count). The van der Waals surface area contributed by atoms with Crippen LogP contribution < -0.4 is 19.7 Å². The predicted molar refractivity (Wildman–Crippen MR) is 128 cm³/mol. The second-order valence-electron chi connectivity index (χ2n) is 8.81. The highest BCUT2D eigenvalue weighted by Gasteiger charge is 2.34. The molecule has 176 valence electrons. The predicted octanol–water partition coefficient (Wildman–Crippen LogP) is 4.13. The molecule has 2 aromatic carbocycles. The maximum Gasteiger partial charge on any atom is 0.324 e. The Balaban J connectivity index is 1.33. The fourth-order valence-electron chi connectivity index (χ4n) is 4.51. The van der Waals surface area contributed by atoms with Gasteiger partial charge in [-0.25, -0.2) is 4.79 Å². The molecular formula is C26H33N3O4. The van der Waals surface area contributed by atoms with Gasteiger partial charge in [0.15, 0.2) is 0 Å². The van der Waals surface area contributed by atoms with Gasteiger partial charge in [-0.2, -0.15) is 0 Å². The highest BCUT2D eigenvalue weighted by molar-refractivity contribution is 5.94. The molecule has 7 nitrogen and oxygen atoms in total. The van der Waals surface area contributed by atoms with E-state index in [1.54, 1.807) is 0 Å². The van der Waals surface area contributed by atoms with Crippen LogP contribution >= 0.6 is 0 Å². The summed E-state index contributed by atoms with van der Waals surface area (Å²) in [5.74, 6) is 1.49. The molecule has 33 heavy (non-hydrogen) atoms. The smallest absolute Gasteiger partial charge is 0.324 e. The molecule has 1 saturated heterocycles. The Kier molecular flexibility index (Phi) is 7.06. The number of ether oxygens (including phenoxy) is 2. The number of piperidine rings is 1. The van der Waals surface area contributed by atoms with Crippen molar-refractivity contribution in [3.63, 3.8) is 0 Å². The maximum atomic E-state index is 13.3. The molecule has 1 atom stereocenters. The Bertz CT molecular complexity index is 1000. The molecule has 2 aliphatic heterocycles. The summed E-state index contributed by atoms with van der Waals surface area (Å²) in [6, 6.07) is 13.7. The molecule has 2 aromatic rings. The first kappa shape index (κ1) is 23.0. The standard InChI is InChI=1S/C26H33N3O4/c1-4-32-23-8-6-5-7-21(23)16-27-25(30)20-11-13-28(14-12-20)26(31)29-17-19(3)33-24-10-9-18(2)15-22(24)29/h5-10,15,19-20H,4,11-14,16-17H2,1-3H3,(H,27,30)/t19-/m1/s1. The largest absolute Gasteiger partial charge is 0.494 e. The van der Waals surface area contributed by atoms with E-state index in [-0.39, 0.29) is 24.0 Å². The Hall–Kier alpha value is -3.22. The molecule has 3 amide bonds. The van der Waals surface area contributed by atoms with E-state index < -0.39 is 0 Å². The number of aryl methyl sites for hydroxylation is 1. The molecule has 0 aliphatic carbocycles. The van der Waals surface area contributed by atoms with Crippen molar-refractivity contribution in [1.29, 1.82) is 0 Å². The number of para-hydroxylation sites is 1. The molecule has 1 N–H and O–H groups in total. The van der Waals surface area contributed by atoms with Gasteiger partial charge in [-0.1, -0.05) is 24.3 Å². The second kappa shape index (κ2) is 10.1. The van der Waals surface area contributed by atoms with Crippen molar-refractivity contribution in [1.82, 2.24) is 10.2 Å². The number of likely N-dealkylation sites (tertiary alicyclic amines) is 1. The van der Waals surface area contributed by atoms with Crippen molar-refractivity contribution in [2.75, 3.05) is 31.1 Å². The van der Waals surface area contributed by atoms with Crippen molar-refractivity contribution in [3.05, 3.63) is 53.6 Å². The molecule has 0 bridgehead atoms. The first-order valence-corrected chi connectivity index (χ1v) is 11.8. The van der Waals surface area contributed by atoms with E-state index in [9.17, 15) is 9.59 Å². The minimum absolute atomic E-state index is 0.0125. The summed E-state index contributed by atoms with van der Waals surface area (Å²) in [5, 5.41) is 3.05. The number of nitrogens with one attached hydrogen (secondary N) is 1. The fourth-order valence-corrected chi connectivity index (χ4v) is 4.51. The van der Waals surface area contributed by atoms with Crippen LogP contribution in [0, 0.1) is 12.8 Å². The van der Waals surface area contributed by atoms with Crippen LogP contribution in [0.1, 0.15) is 37.8 Å². The quantitative estimate of drug-likeness (QED) is 0.742. The van der Waals surface area contributed by atoms with Gasteiger partial charge in [0.2, 0.25) is 5.91 Å². The Labute approximate surface area is 195 Å². The topological polar surface area (TPSA) is 71.1 Å². The molecule has 7 heteroatoms. The molecule has 0 radical (unpaired) electrons.